The summed E-state index contributed by atoms with van der Waals surface area (Å²) in [5.41, 5.74) is 1.45. The largest absolute Gasteiger partial charge is 0.488 e. The number of rotatable bonds is 6. The second kappa shape index (κ2) is 6.95. The monoisotopic (exact) mass is 264 g/mol. The molecular formula is C17H28O2. The summed E-state index contributed by atoms with van der Waals surface area (Å²) in [5, 5.41) is 10.0. The number of aliphatic hydroxyl groups is 1. The van der Waals surface area contributed by atoms with Gasteiger partial charge in [-0.15, -0.1) is 0 Å². The number of hydrogen-bond acceptors (Lipinski definition) is 2. The van der Waals surface area contributed by atoms with E-state index in [0.29, 0.717) is 0 Å². The van der Waals surface area contributed by atoms with Gasteiger partial charge in [-0.2, -0.15) is 0 Å². The highest BCUT2D eigenvalue weighted by Gasteiger charge is 2.19. The lowest BCUT2D eigenvalue weighted by atomic mass is 9.87. The van der Waals surface area contributed by atoms with Crippen molar-refractivity contribution in [1.29, 1.82) is 0 Å². The third kappa shape index (κ3) is 4.87. The zero-order chi connectivity index (χ0) is 14.5. The molecule has 2 nitrogen and oxygen atoms in total. The molecule has 0 amide bonds. The van der Waals surface area contributed by atoms with Gasteiger partial charge in [-0.1, -0.05) is 53.2 Å². The van der Waals surface area contributed by atoms with Gasteiger partial charge in [-0.05, 0) is 36.0 Å². The van der Waals surface area contributed by atoms with Gasteiger partial charge in [-0.25, -0.2) is 0 Å². The highest BCUT2D eigenvalue weighted by Crippen LogP contribution is 2.25. The molecule has 0 heterocycles. The normalized spacial score (nSPS) is 15.1. The molecule has 0 aromatic heterocycles. The molecule has 0 aliphatic carbocycles. The minimum absolute atomic E-state index is 0.111. The van der Waals surface area contributed by atoms with Crippen molar-refractivity contribution in [2.24, 2.45) is 0 Å². The summed E-state index contributed by atoms with van der Waals surface area (Å²) in [6, 6.07) is 8.21. The Hall–Kier alpha value is -1.02. The number of hydrogen-bond donors (Lipinski definition) is 1. The van der Waals surface area contributed by atoms with Crippen LogP contribution in [0.5, 0.6) is 5.75 Å². The van der Waals surface area contributed by atoms with E-state index in [0.717, 1.165) is 25.0 Å². The smallest absolute Gasteiger partial charge is 0.124 e. The van der Waals surface area contributed by atoms with Crippen LogP contribution in [0.2, 0.25) is 0 Å². The molecule has 1 aromatic rings. The van der Waals surface area contributed by atoms with Crippen molar-refractivity contribution >= 4 is 0 Å². The van der Waals surface area contributed by atoms with Crippen LogP contribution in [0.1, 0.15) is 59.4 Å². The van der Waals surface area contributed by atoms with Crippen LogP contribution >= 0.6 is 0 Å². The molecule has 0 bridgehead atoms. The van der Waals surface area contributed by atoms with Crippen LogP contribution < -0.4 is 4.74 Å². The maximum Gasteiger partial charge on any atom is 0.124 e. The van der Waals surface area contributed by atoms with Crippen LogP contribution in [-0.4, -0.2) is 17.3 Å². The van der Waals surface area contributed by atoms with Crippen LogP contribution in [0, 0.1) is 0 Å². The van der Waals surface area contributed by atoms with E-state index < -0.39 is 0 Å². The van der Waals surface area contributed by atoms with Crippen LogP contribution in [0.25, 0.3) is 0 Å². The van der Waals surface area contributed by atoms with Crippen molar-refractivity contribution in [3.8, 4) is 5.75 Å². The van der Waals surface area contributed by atoms with Gasteiger partial charge in [0.05, 0.1) is 6.10 Å². The molecule has 0 aliphatic rings. The summed E-state index contributed by atoms with van der Waals surface area (Å²) >= 11 is 0. The average Bonchev–Trinajstić information content (AvgIpc) is 2.35. The van der Waals surface area contributed by atoms with Gasteiger partial charge in [0, 0.05) is 0 Å². The molecule has 0 spiro atoms. The maximum atomic E-state index is 10.0. The second-order valence-corrected chi connectivity index (χ2v) is 6.19. The van der Waals surface area contributed by atoms with Crippen LogP contribution in [-0.2, 0) is 5.41 Å². The molecule has 0 radical (unpaired) electrons. The van der Waals surface area contributed by atoms with E-state index >= 15 is 0 Å². The van der Waals surface area contributed by atoms with Crippen LogP contribution in [0.15, 0.2) is 24.3 Å². The summed E-state index contributed by atoms with van der Waals surface area (Å²) in [7, 11) is 0. The SMILES string of the molecule is CCCC(O)C(CC)Oc1ccc(C(C)(C)C)cc1. The second-order valence-electron chi connectivity index (χ2n) is 6.19. The lowest BCUT2D eigenvalue weighted by molar-refractivity contribution is 0.0284. The standard InChI is InChI=1S/C17H28O2/c1-6-8-15(18)16(7-2)19-14-11-9-13(10-12-14)17(3,4)5/h9-12,15-16,18H,6-8H2,1-5H3. The summed E-state index contributed by atoms with van der Waals surface area (Å²) in [4.78, 5) is 0. The first kappa shape index (κ1) is 16.0. The van der Waals surface area contributed by atoms with Crippen molar-refractivity contribution in [3.05, 3.63) is 29.8 Å². The fraction of sp³-hybridized carbons (Fsp3) is 0.647. The number of benzene rings is 1. The minimum Gasteiger partial charge on any atom is -0.488 e. The number of ether oxygens (including phenoxy) is 1. The topological polar surface area (TPSA) is 29.5 Å². The molecule has 0 fully saturated rings. The van der Waals surface area contributed by atoms with Gasteiger partial charge >= 0.3 is 0 Å². The third-order valence-corrected chi connectivity index (χ3v) is 3.42. The van der Waals surface area contributed by atoms with Crippen LogP contribution in [0.3, 0.4) is 0 Å². The number of aliphatic hydroxyl groups excluding tert-OH is 1. The Morgan fingerprint density at radius 1 is 1.11 bits per heavy atom. The first-order valence-corrected chi connectivity index (χ1v) is 7.33. The summed E-state index contributed by atoms with van der Waals surface area (Å²) < 4.78 is 5.90. The van der Waals surface area contributed by atoms with E-state index in [2.05, 4.69) is 39.8 Å². The van der Waals surface area contributed by atoms with Gasteiger partial charge in [0.15, 0.2) is 0 Å². The molecule has 2 atom stereocenters. The van der Waals surface area contributed by atoms with Gasteiger partial charge in [0.2, 0.25) is 0 Å². The minimum atomic E-state index is -0.378. The van der Waals surface area contributed by atoms with E-state index in [-0.39, 0.29) is 17.6 Å². The molecule has 2 heteroatoms. The third-order valence-electron chi connectivity index (χ3n) is 3.42. The Labute approximate surface area is 117 Å². The predicted octanol–water partition coefficient (Wildman–Crippen LogP) is 4.30. The summed E-state index contributed by atoms with van der Waals surface area (Å²) in [5.74, 6) is 0.843. The Bertz CT molecular complexity index is 362. The zero-order valence-corrected chi connectivity index (χ0v) is 12.9. The van der Waals surface area contributed by atoms with Crippen LogP contribution in [0.4, 0.5) is 0 Å². The Balaban J connectivity index is 2.71. The molecule has 0 saturated carbocycles. The van der Waals surface area contributed by atoms with Gasteiger partial charge in [0.25, 0.3) is 0 Å². The molecule has 0 saturated heterocycles. The average molecular weight is 264 g/mol. The first-order chi connectivity index (χ1) is 8.88. The fourth-order valence-corrected chi connectivity index (χ4v) is 2.12. The van der Waals surface area contributed by atoms with Crippen molar-refractivity contribution in [3.63, 3.8) is 0 Å². The van der Waals surface area contributed by atoms with E-state index in [1.807, 2.05) is 19.1 Å². The molecule has 1 aromatic carbocycles. The Morgan fingerprint density at radius 3 is 2.11 bits per heavy atom. The van der Waals surface area contributed by atoms with Crippen molar-refractivity contribution in [1.82, 2.24) is 0 Å². The zero-order valence-electron chi connectivity index (χ0n) is 12.9. The van der Waals surface area contributed by atoms with Gasteiger partial charge in [-0.3, -0.25) is 0 Å². The Kier molecular flexibility index (Phi) is 5.86. The highest BCUT2D eigenvalue weighted by molar-refractivity contribution is 5.31. The highest BCUT2D eigenvalue weighted by atomic mass is 16.5. The van der Waals surface area contributed by atoms with Crippen molar-refractivity contribution in [2.75, 3.05) is 0 Å². The van der Waals surface area contributed by atoms with Crippen molar-refractivity contribution < 1.29 is 9.84 Å². The molecule has 0 aliphatic heterocycles. The van der Waals surface area contributed by atoms with Gasteiger partial charge < -0.3 is 9.84 Å². The molecule has 1 rings (SSSR count). The molecule has 2 unspecified atom stereocenters. The van der Waals surface area contributed by atoms with E-state index in [9.17, 15) is 5.11 Å². The van der Waals surface area contributed by atoms with E-state index in [1.165, 1.54) is 5.56 Å². The maximum absolute atomic E-state index is 10.0. The van der Waals surface area contributed by atoms with Crippen molar-refractivity contribution in [2.45, 2.75) is 71.5 Å². The first-order valence-electron chi connectivity index (χ1n) is 7.33. The summed E-state index contributed by atoms with van der Waals surface area (Å²) in [6.07, 6.45) is 2.10. The quantitative estimate of drug-likeness (QED) is 0.830. The molecule has 19 heavy (non-hydrogen) atoms. The summed E-state index contributed by atoms with van der Waals surface area (Å²) in [6.45, 7) is 10.7. The van der Waals surface area contributed by atoms with Gasteiger partial charge in [0.1, 0.15) is 11.9 Å². The van der Waals surface area contributed by atoms with E-state index in [1.54, 1.807) is 0 Å². The Morgan fingerprint density at radius 2 is 1.68 bits per heavy atom. The fourth-order valence-electron chi connectivity index (χ4n) is 2.12. The molecule has 108 valence electrons. The lowest BCUT2D eigenvalue weighted by Crippen LogP contribution is -2.31. The molecular weight excluding hydrogens is 236 g/mol. The molecule has 1 N–H and O–H groups in total. The van der Waals surface area contributed by atoms with E-state index in [4.69, 9.17) is 4.74 Å². The predicted molar refractivity (Wildman–Crippen MR) is 80.8 cm³/mol. The lowest BCUT2D eigenvalue weighted by Gasteiger charge is -2.24.